The molecule has 1 heterocycles. The van der Waals surface area contributed by atoms with Gasteiger partial charge in [0.15, 0.2) is 5.96 Å². The maximum Gasteiger partial charge on any atom is 0.191 e. The summed E-state index contributed by atoms with van der Waals surface area (Å²) in [6.07, 6.45) is 0.974. The Labute approximate surface area is 174 Å². The predicted molar refractivity (Wildman–Crippen MR) is 117 cm³/mol. The molecule has 0 unspecified atom stereocenters. The average molecular weight is 476 g/mol. The van der Waals surface area contributed by atoms with Gasteiger partial charge in [-0.25, -0.2) is 0 Å². The molecule has 2 rings (SSSR count). The third kappa shape index (κ3) is 8.66. The van der Waals surface area contributed by atoms with Gasteiger partial charge in [0.2, 0.25) is 0 Å². The summed E-state index contributed by atoms with van der Waals surface area (Å²) in [5.41, 5.74) is 2.68. The second kappa shape index (κ2) is 14.2. The van der Waals surface area contributed by atoms with Gasteiger partial charge in [-0.2, -0.15) is 0 Å². The summed E-state index contributed by atoms with van der Waals surface area (Å²) in [5, 5.41) is 6.74. The highest BCUT2D eigenvalue weighted by Crippen LogP contribution is 2.12. The van der Waals surface area contributed by atoms with Gasteiger partial charge < -0.3 is 20.1 Å². The van der Waals surface area contributed by atoms with Crippen LogP contribution < -0.4 is 10.6 Å². The van der Waals surface area contributed by atoms with Crippen LogP contribution in [0, 0.1) is 0 Å². The Morgan fingerprint density at radius 2 is 1.92 bits per heavy atom. The zero-order valence-electron chi connectivity index (χ0n) is 16.0. The fourth-order valence-corrected chi connectivity index (χ4v) is 2.81. The molecule has 6 nitrogen and oxygen atoms in total. The zero-order chi connectivity index (χ0) is 17.7. The minimum Gasteiger partial charge on any atom is -0.382 e. The highest BCUT2D eigenvalue weighted by molar-refractivity contribution is 14.0. The smallest absolute Gasteiger partial charge is 0.191 e. The number of ether oxygens (including phenoxy) is 2. The molecule has 7 heteroatoms. The van der Waals surface area contributed by atoms with Crippen LogP contribution in [0.1, 0.15) is 24.5 Å². The van der Waals surface area contributed by atoms with Crippen molar-refractivity contribution < 1.29 is 9.47 Å². The summed E-state index contributed by atoms with van der Waals surface area (Å²) in [5.74, 6) is 0.831. The first kappa shape index (κ1) is 23.1. The lowest BCUT2D eigenvalue weighted by Gasteiger charge is -2.27. The fourth-order valence-electron chi connectivity index (χ4n) is 2.81. The van der Waals surface area contributed by atoms with Crippen LogP contribution in [0.5, 0.6) is 0 Å². The van der Waals surface area contributed by atoms with Gasteiger partial charge in [-0.15, -0.1) is 24.0 Å². The summed E-state index contributed by atoms with van der Waals surface area (Å²) in [6, 6.07) is 8.61. The van der Waals surface area contributed by atoms with Crippen molar-refractivity contribution in [1.82, 2.24) is 15.5 Å². The molecule has 1 fully saturated rings. The van der Waals surface area contributed by atoms with Crippen LogP contribution in [0.15, 0.2) is 29.3 Å². The van der Waals surface area contributed by atoms with Crippen LogP contribution in [0.3, 0.4) is 0 Å². The molecule has 1 aliphatic heterocycles. The quantitative estimate of drug-likeness (QED) is 0.248. The zero-order valence-corrected chi connectivity index (χ0v) is 18.3. The molecule has 1 aromatic rings. The van der Waals surface area contributed by atoms with Crippen LogP contribution in [0.4, 0.5) is 0 Å². The summed E-state index contributed by atoms with van der Waals surface area (Å²) in [7, 11) is 1.80. The SMILES string of the molecule is CCOCCCNC(=NC)NCc1ccccc1CN1CCOCC1.I. The third-order valence-corrected chi connectivity index (χ3v) is 4.25. The van der Waals surface area contributed by atoms with E-state index in [1.54, 1.807) is 7.05 Å². The van der Waals surface area contributed by atoms with Gasteiger partial charge >= 0.3 is 0 Å². The molecule has 0 aliphatic carbocycles. The van der Waals surface area contributed by atoms with Crippen molar-refractivity contribution in [1.29, 1.82) is 0 Å². The lowest BCUT2D eigenvalue weighted by Crippen LogP contribution is -2.38. The lowest BCUT2D eigenvalue weighted by molar-refractivity contribution is 0.0341. The average Bonchev–Trinajstić information content (AvgIpc) is 2.66. The van der Waals surface area contributed by atoms with E-state index >= 15 is 0 Å². The standard InChI is InChI=1S/C19H32N4O2.HI/c1-3-24-12-6-9-21-19(20-2)22-15-17-7-4-5-8-18(17)16-23-10-13-25-14-11-23;/h4-5,7-8H,3,6,9-16H2,1-2H3,(H2,20,21,22);1H. The largest absolute Gasteiger partial charge is 0.382 e. The molecule has 0 saturated carbocycles. The molecule has 0 aromatic heterocycles. The van der Waals surface area contributed by atoms with E-state index in [2.05, 4.69) is 44.8 Å². The topological polar surface area (TPSA) is 58.1 Å². The van der Waals surface area contributed by atoms with E-state index in [-0.39, 0.29) is 24.0 Å². The number of rotatable bonds is 9. The Kier molecular flexibility index (Phi) is 12.6. The summed E-state index contributed by atoms with van der Waals surface area (Å²) >= 11 is 0. The monoisotopic (exact) mass is 476 g/mol. The van der Waals surface area contributed by atoms with Crippen molar-refractivity contribution in [2.75, 3.05) is 53.1 Å². The predicted octanol–water partition coefficient (Wildman–Crippen LogP) is 2.23. The van der Waals surface area contributed by atoms with Gasteiger partial charge in [0.05, 0.1) is 13.2 Å². The molecule has 0 bridgehead atoms. The number of hydrogen-bond acceptors (Lipinski definition) is 4. The molecule has 0 spiro atoms. The van der Waals surface area contributed by atoms with Crippen LogP contribution in [0.25, 0.3) is 0 Å². The van der Waals surface area contributed by atoms with Crippen molar-refractivity contribution in [2.24, 2.45) is 4.99 Å². The first-order chi connectivity index (χ1) is 12.3. The van der Waals surface area contributed by atoms with Crippen molar-refractivity contribution in [2.45, 2.75) is 26.4 Å². The maximum absolute atomic E-state index is 5.44. The molecule has 0 amide bonds. The maximum atomic E-state index is 5.44. The number of guanidine groups is 1. The Balaban J connectivity index is 0.00000338. The van der Waals surface area contributed by atoms with Crippen molar-refractivity contribution in [3.63, 3.8) is 0 Å². The molecular formula is C19H33IN4O2. The normalized spacial score (nSPS) is 15.4. The van der Waals surface area contributed by atoms with Crippen LogP contribution >= 0.6 is 24.0 Å². The van der Waals surface area contributed by atoms with E-state index in [0.29, 0.717) is 0 Å². The number of benzene rings is 1. The minimum absolute atomic E-state index is 0. The van der Waals surface area contributed by atoms with E-state index in [4.69, 9.17) is 9.47 Å². The summed E-state index contributed by atoms with van der Waals surface area (Å²) in [4.78, 5) is 6.74. The van der Waals surface area contributed by atoms with E-state index < -0.39 is 0 Å². The highest BCUT2D eigenvalue weighted by atomic mass is 127. The number of aliphatic imine (C=N–C) groups is 1. The van der Waals surface area contributed by atoms with Crippen molar-refractivity contribution >= 4 is 29.9 Å². The molecular weight excluding hydrogens is 443 g/mol. The van der Waals surface area contributed by atoms with Crippen LogP contribution in [-0.4, -0.2) is 64.0 Å². The fraction of sp³-hybridized carbons (Fsp3) is 0.632. The number of halogens is 1. The van der Waals surface area contributed by atoms with Gasteiger partial charge in [0.1, 0.15) is 0 Å². The molecule has 148 valence electrons. The Bertz CT molecular complexity index is 522. The minimum atomic E-state index is 0. The first-order valence-electron chi connectivity index (χ1n) is 9.22. The van der Waals surface area contributed by atoms with Crippen LogP contribution in [0.2, 0.25) is 0 Å². The van der Waals surface area contributed by atoms with Crippen molar-refractivity contribution in [3.8, 4) is 0 Å². The Hall–Kier alpha value is -0.900. The van der Waals surface area contributed by atoms with Gasteiger partial charge in [-0.05, 0) is 24.5 Å². The van der Waals surface area contributed by atoms with Gasteiger partial charge in [0, 0.05) is 53.0 Å². The number of nitrogens with one attached hydrogen (secondary N) is 2. The van der Waals surface area contributed by atoms with E-state index in [0.717, 1.165) is 71.5 Å². The summed E-state index contributed by atoms with van der Waals surface area (Å²) in [6.45, 7) is 9.84. The summed E-state index contributed by atoms with van der Waals surface area (Å²) < 4.78 is 10.8. The molecule has 2 N–H and O–H groups in total. The van der Waals surface area contributed by atoms with E-state index in [1.165, 1.54) is 11.1 Å². The molecule has 1 aliphatic rings. The second-order valence-electron chi connectivity index (χ2n) is 6.06. The number of morpholine rings is 1. The molecule has 1 aromatic carbocycles. The van der Waals surface area contributed by atoms with E-state index in [1.807, 2.05) is 6.92 Å². The van der Waals surface area contributed by atoms with Gasteiger partial charge in [-0.1, -0.05) is 24.3 Å². The second-order valence-corrected chi connectivity index (χ2v) is 6.06. The molecule has 0 atom stereocenters. The van der Waals surface area contributed by atoms with Gasteiger partial charge in [0.25, 0.3) is 0 Å². The highest BCUT2D eigenvalue weighted by Gasteiger charge is 2.12. The molecule has 0 radical (unpaired) electrons. The molecule has 26 heavy (non-hydrogen) atoms. The van der Waals surface area contributed by atoms with E-state index in [9.17, 15) is 0 Å². The molecule has 1 saturated heterocycles. The van der Waals surface area contributed by atoms with Gasteiger partial charge in [-0.3, -0.25) is 9.89 Å². The number of nitrogens with zero attached hydrogens (tertiary/aromatic N) is 2. The first-order valence-corrected chi connectivity index (χ1v) is 9.22. The third-order valence-electron chi connectivity index (χ3n) is 4.25. The number of hydrogen-bond donors (Lipinski definition) is 2. The Morgan fingerprint density at radius 1 is 1.19 bits per heavy atom. The van der Waals surface area contributed by atoms with Crippen LogP contribution in [-0.2, 0) is 22.6 Å². The van der Waals surface area contributed by atoms with Crippen molar-refractivity contribution in [3.05, 3.63) is 35.4 Å². The Morgan fingerprint density at radius 3 is 2.62 bits per heavy atom. The lowest BCUT2D eigenvalue weighted by atomic mass is 10.1.